The van der Waals surface area contributed by atoms with Gasteiger partial charge in [-0.1, -0.05) is 23.7 Å². The fourth-order valence-corrected chi connectivity index (χ4v) is 2.27. The van der Waals surface area contributed by atoms with E-state index < -0.39 is 0 Å². The molecule has 2 aromatic rings. The lowest BCUT2D eigenvalue weighted by Crippen LogP contribution is -2.22. The van der Waals surface area contributed by atoms with Gasteiger partial charge < -0.3 is 4.74 Å². The molecule has 1 aromatic heterocycles. The molecule has 1 aliphatic carbocycles. The van der Waals surface area contributed by atoms with Crippen molar-refractivity contribution in [2.24, 2.45) is 5.92 Å². The molecule has 110 valence electrons. The number of hydrogen-bond acceptors (Lipinski definition) is 3. The first-order valence-corrected chi connectivity index (χ1v) is 7.35. The van der Waals surface area contributed by atoms with Crippen molar-refractivity contribution in [3.05, 3.63) is 47.5 Å². The maximum atomic E-state index is 13.0. The van der Waals surface area contributed by atoms with E-state index in [2.05, 4.69) is 10.3 Å². The predicted molar refractivity (Wildman–Crippen MR) is 80.9 cm³/mol. The van der Waals surface area contributed by atoms with Gasteiger partial charge in [-0.15, -0.1) is 0 Å². The summed E-state index contributed by atoms with van der Waals surface area (Å²) in [6.07, 6.45) is 4.21. The average molecular weight is 307 g/mol. The topological polar surface area (TPSA) is 34.1 Å². The minimum Gasteiger partial charge on any atom is -0.477 e. The van der Waals surface area contributed by atoms with Crippen molar-refractivity contribution in [3.8, 4) is 16.9 Å². The Bertz CT molecular complexity index is 614. The third kappa shape index (κ3) is 3.93. The van der Waals surface area contributed by atoms with Crippen molar-refractivity contribution in [1.82, 2.24) is 10.3 Å². The first-order chi connectivity index (χ1) is 10.2. The van der Waals surface area contributed by atoms with E-state index in [1.165, 1.54) is 25.0 Å². The minimum absolute atomic E-state index is 0.278. The highest BCUT2D eigenvalue weighted by molar-refractivity contribution is 6.32. The third-order valence-electron chi connectivity index (χ3n) is 3.44. The van der Waals surface area contributed by atoms with Crippen LogP contribution in [-0.2, 0) is 0 Å². The Morgan fingerprint density at radius 2 is 2.05 bits per heavy atom. The smallest absolute Gasteiger partial charge is 0.140 e. The van der Waals surface area contributed by atoms with Gasteiger partial charge >= 0.3 is 0 Å². The maximum absolute atomic E-state index is 13.0. The SMILES string of the molecule is Fc1ccc(-c2cc(OCNCC3CC3)cnc2Cl)cc1. The summed E-state index contributed by atoms with van der Waals surface area (Å²) in [6, 6.07) is 7.97. The first-order valence-electron chi connectivity index (χ1n) is 6.97. The second kappa shape index (κ2) is 6.41. The fourth-order valence-electron chi connectivity index (χ4n) is 2.06. The standard InChI is InChI=1S/C16H16ClFN2O/c17-16-15(12-3-5-13(18)6-4-12)7-14(9-20-16)21-10-19-8-11-1-2-11/h3-7,9,11,19H,1-2,8,10H2. The van der Waals surface area contributed by atoms with Crippen LogP contribution in [0.2, 0.25) is 5.15 Å². The summed E-state index contributed by atoms with van der Waals surface area (Å²) >= 11 is 6.11. The molecule has 0 saturated heterocycles. The van der Waals surface area contributed by atoms with Crippen molar-refractivity contribution < 1.29 is 9.13 Å². The van der Waals surface area contributed by atoms with Gasteiger partial charge in [-0.05, 0) is 42.5 Å². The van der Waals surface area contributed by atoms with Crippen LogP contribution < -0.4 is 10.1 Å². The van der Waals surface area contributed by atoms with Gasteiger partial charge in [0.25, 0.3) is 0 Å². The van der Waals surface area contributed by atoms with Crippen molar-refractivity contribution in [2.45, 2.75) is 12.8 Å². The van der Waals surface area contributed by atoms with Crippen LogP contribution in [0, 0.1) is 11.7 Å². The summed E-state index contributed by atoms with van der Waals surface area (Å²) in [5, 5.41) is 3.62. The molecule has 0 bridgehead atoms. The van der Waals surface area contributed by atoms with E-state index in [1.54, 1.807) is 18.3 Å². The summed E-state index contributed by atoms with van der Waals surface area (Å²) in [4.78, 5) is 4.12. The zero-order chi connectivity index (χ0) is 14.7. The van der Waals surface area contributed by atoms with Crippen LogP contribution in [0.1, 0.15) is 12.8 Å². The number of rotatable bonds is 6. The quantitative estimate of drug-likeness (QED) is 0.499. The van der Waals surface area contributed by atoms with E-state index in [-0.39, 0.29) is 5.82 Å². The second-order valence-corrected chi connectivity index (χ2v) is 5.56. The number of hydrogen-bond donors (Lipinski definition) is 1. The Kier molecular flexibility index (Phi) is 4.36. The molecule has 0 aliphatic heterocycles. The number of aromatic nitrogens is 1. The van der Waals surface area contributed by atoms with Crippen LogP contribution in [0.4, 0.5) is 4.39 Å². The van der Waals surface area contributed by atoms with Crippen molar-refractivity contribution in [3.63, 3.8) is 0 Å². The van der Waals surface area contributed by atoms with Crippen molar-refractivity contribution in [2.75, 3.05) is 13.3 Å². The Morgan fingerprint density at radius 1 is 1.29 bits per heavy atom. The van der Waals surface area contributed by atoms with Crippen LogP contribution in [0.3, 0.4) is 0 Å². The Hall–Kier alpha value is -1.65. The van der Waals surface area contributed by atoms with E-state index >= 15 is 0 Å². The van der Waals surface area contributed by atoms with Crippen LogP contribution in [0.15, 0.2) is 36.5 Å². The normalized spacial score (nSPS) is 14.2. The summed E-state index contributed by atoms with van der Waals surface area (Å²) < 4.78 is 18.6. The molecule has 0 spiro atoms. The molecule has 0 unspecified atom stereocenters. The van der Waals surface area contributed by atoms with Gasteiger partial charge in [-0.25, -0.2) is 9.37 Å². The van der Waals surface area contributed by atoms with E-state index in [0.717, 1.165) is 23.6 Å². The zero-order valence-corrected chi connectivity index (χ0v) is 12.2. The van der Waals surface area contributed by atoms with E-state index in [4.69, 9.17) is 16.3 Å². The first kappa shape index (κ1) is 14.3. The Morgan fingerprint density at radius 3 is 2.76 bits per heavy atom. The lowest BCUT2D eigenvalue weighted by Gasteiger charge is -2.10. The molecule has 0 amide bonds. The van der Waals surface area contributed by atoms with Crippen molar-refractivity contribution in [1.29, 1.82) is 0 Å². The molecular formula is C16H16ClFN2O. The highest BCUT2D eigenvalue weighted by atomic mass is 35.5. The monoisotopic (exact) mass is 306 g/mol. The number of nitrogens with one attached hydrogen (secondary N) is 1. The summed E-state index contributed by atoms with van der Waals surface area (Å²) in [7, 11) is 0. The Labute approximate surface area is 128 Å². The lowest BCUT2D eigenvalue weighted by atomic mass is 10.1. The highest BCUT2D eigenvalue weighted by Crippen LogP contribution is 2.30. The molecule has 0 radical (unpaired) electrons. The number of nitrogens with zero attached hydrogens (tertiary/aromatic N) is 1. The molecule has 1 N–H and O–H groups in total. The van der Waals surface area contributed by atoms with Gasteiger partial charge in [0.2, 0.25) is 0 Å². The predicted octanol–water partition coefficient (Wildman–Crippen LogP) is 3.88. The lowest BCUT2D eigenvalue weighted by molar-refractivity contribution is 0.280. The second-order valence-electron chi connectivity index (χ2n) is 5.20. The molecule has 21 heavy (non-hydrogen) atoms. The molecule has 5 heteroatoms. The van der Waals surface area contributed by atoms with Crippen LogP contribution in [0.25, 0.3) is 11.1 Å². The van der Waals surface area contributed by atoms with Crippen LogP contribution in [0.5, 0.6) is 5.75 Å². The van der Waals surface area contributed by atoms with Gasteiger partial charge in [0.05, 0.1) is 6.20 Å². The van der Waals surface area contributed by atoms with Crippen LogP contribution >= 0.6 is 11.6 Å². The van der Waals surface area contributed by atoms with Gasteiger partial charge in [0, 0.05) is 12.1 Å². The maximum Gasteiger partial charge on any atom is 0.140 e. The van der Waals surface area contributed by atoms with E-state index in [1.807, 2.05) is 6.07 Å². The number of ether oxygens (including phenoxy) is 1. The molecule has 3 nitrogen and oxygen atoms in total. The minimum atomic E-state index is -0.278. The average Bonchev–Trinajstić information content (AvgIpc) is 3.30. The summed E-state index contributed by atoms with van der Waals surface area (Å²) in [5.74, 6) is 1.17. The van der Waals surface area contributed by atoms with Crippen LogP contribution in [-0.4, -0.2) is 18.3 Å². The number of benzene rings is 1. The molecule has 1 heterocycles. The molecule has 1 saturated carbocycles. The molecule has 1 aliphatic rings. The fraction of sp³-hybridized carbons (Fsp3) is 0.312. The van der Waals surface area contributed by atoms with Crippen molar-refractivity contribution >= 4 is 11.6 Å². The molecular weight excluding hydrogens is 291 g/mol. The Balaban J connectivity index is 1.68. The molecule has 3 rings (SSSR count). The summed E-state index contributed by atoms with van der Waals surface area (Å²) in [6.45, 7) is 1.44. The number of pyridine rings is 1. The van der Waals surface area contributed by atoms with E-state index in [0.29, 0.717) is 17.6 Å². The molecule has 1 aromatic carbocycles. The molecule has 1 fully saturated rings. The molecule has 0 atom stereocenters. The number of halogens is 2. The highest BCUT2D eigenvalue weighted by Gasteiger charge is 2.20. The van der Waals surface area contributed by atoms with Gasteiger partial charge in [0.15, 0.2) is 0 Å². The van der Waals surface area contributed by atoms with Gasteiger partial charge in [-0.2, -0.15) is 0 Å². The van der Waals surface area contributed by atoms with Gasteiger partial charge in [0.1, 0.15) is 23.5 Å². The van der Waals surface area contributed by atoms with Gasteiger partial charge in [-0.3, -0.25) is 5.32 Å². The summed E-state index contributed by atoms with van der Waals surface area (Å²) in [5.41, 5.74) is 1.54. The largest absolute Gasteiger partial charge is 0.477 e. The third-order valence-corrected chi connectivity index (χ3v) is 3.74. The zero-order valence-electron chi connectivity index (χ0n) is 11.5. The van der Waals surface area contributed by atoms with E-state index in [9.17, 15) is 4.39 Å².